The third-order valence-electron chi connectivity index (χ3n) is 3.23. The normalized spacial score (nSPS) is 24.7. The van der Waals surface area contributed by atoms with Gasteiger partial charge in [0.25, 0.3) is 0 Å². The Balaban J connectivity index is 2.47. The van der Waals surface area contributed by atoms with Gasteiger partial charge in [-0.2, -0.15) is 0 Å². The highest BCUT2D eigenvalue weighted by atomic mass is 35.5. The van der Waals surface area contributed by atoms with Crippen molar-refractivity contribution in [3.8, 4) is 11.5 Å². The summed E-state index contributed by atoms with van der Waals surface area (Å²) in [6.45, 7) is 3.06. The first-order valence-corrected chi connectivity index (χ1v) is 5.76. The lowest BCUT2D eigenvalue weighted by molar-refractivity contribution is 0.382. The van der Waals surface area contributed by atoms with Crippen LogP contribution in [0, 0.1) is 0 Å². The predicted octanol–water partition coefficient (Wildman–Crippen LogP) is 2.65. The molecule has 0 spiro atoms. The van der Waals surface area contributed by atoms with E-state index in [1.165, 1.54) is 0 Å². The van der Waals surface area contributed by atoms with E-state index in [0.717, 1.165) is 24.9 Å². The minimum absolute atomic E-state index is 0.179. The van der Waals surface area contributed by atoms with Crippen molar-refractivity contribution in [1.29, 1.82) is 0 Å². The molecule has 1 atom stereocenters. The summed E-state index contributed by atoms with van der Waals surface area (Å²) in [5, 5.41) is 13.8. The van der Waals surface area contributed by atoms with Crippen LogP contribution >= 0.6 is 11.6 Å². The van der Waals surface area contributed by atoms with E-state index >= 15 is 0 Å². The van der Waals surface area contributed by atoms with Crippen molar-refractivity contribution in [3.63, 3.8) is 0 Å². The second kappa shape index (κ2) is 4.15. The third kappa shape index (κ3) is 1.85. The molecule has 4 heteroatoms. The predicted molar refractivity (Wildman–Crippen MR) is 64.3 cm³/mol. The van der Waals surface area contributed by atoms with E-state index in [9.17, 15) is 5.11 Å². The number of phenols is 1. The first-order valence-electron chi connectivity index (χ1n) is 5.39. The van der Waals surface area contributed by atoms with E-state index in [4.69, 9.17) is 16.3 Å². The highest BCUT2D eigenvalue weighted by Crippen LogP contribution is 2.40. The third-order valence-corrected chi connectivity index (χ3v) is 3.53. The van der Waals surface area contributed by atoms with Crippen LogP contribution in [0.4, 0.5) is 0 Å². The Kier molecular flexibility index (Phi) is 3.00. The number of aromatic hydroxyl groups is 1. The number of nitrogens with one attached hydrogen (secondary N) is 1. The van der Waals surface area contributed by atoms with Gasteiger partial charge in [0.05, 0.1) is 12.1 Å². The number of phenolic OH excluding ortho intramolecular Hbond substituents is 1. The number of ether oxygens (including phenoxy) is 1. The number of rotatable bonds is 2. The van der Waals surface area contributed by atoms with E-state index in [1.54, 1.807) is 13.2 Å². The fourth-order valence-corrected chi connectivity index (χ4v) is 2.50. The maximum Gasteiger partial charge on any atom is 0.138 e. The molecule has 0 amide bonds. The lowest BCUT2D eigenvalue weighted by Crippen LogP contribution is -2.33. The van der Waals surface area contributed by atoms with Crippen LogP contribution in [0.2, 0.25) is 5.02 Å². The molecule has 0 aromatic heterocycles. The van der Waals surface area contributed by atoms with E-state index < -0.39 is 0 Å². The first kappa shape index (κ1) is 11.6. The van der Waals surface area contributed by atoms with Crippen molar-refractivity contribution in [2.75, 3.05) is 13.7 Å². The molecule has 1 aliphatic rings. The maximum absolute atomic E-state index is 9.96. The molecule has 1 fully saturated rings. The van der Waals surface area contributed by atoms with E-state index in [-0.39, 0.29) is 11.3 Å². The molecule has 0 bridgehead atoms. The molecule has 88 valence electrons. The molecule has 1 unspecified atom stereocenters. The Bertz CT molecular complexity index is 400. The fraction of sp³-hybridized carbons (Fsp3) is 0.500. The molecule has 0 saturated carbocycles. The monoisotopic (exact) mass is 241 g/mol. The molecule has 1 aromatic rings. The van der Waals surface area contributed by atoms with Crippen LogP contribution in [0.1, 0.15) is 25.3 Å². The summed E-state index contributed by atoms with van der Waals surface area (Å²) >= 11 is 5.95. The van der Waals surface area contributed by atoms with Gasteiger partial charge in [-0.05, 0) is 32.4 Å². The highest BCUT2D eigenvalue weighted by molar-refractivity contribution is 6.32. The second-order valence-corrected chi connectivity index (χ2v) is 4.77. The number of benzene rings is 1. The minimum Gasteiger partial charge on any atom is -0.508 e. The molecule has 2 N–H and O–H groups in total. The lowest BCUT2D eigenvalue weighted by Gasteiger charge is -2.26. The van der Waals surface area contributed by atoms with Gasteiger partial charge in [-0.15, -0.1) is 0 Å². The van der Waals surface area contributed by atoms with Crippen molar-refractivity contribution in [1.82, 2.24) is 5.32 Å². The maximum atomic E-state index is 9.96. The van der Waals surface area contributed by atoms with E-state index in [2.05, 4.69) is 12.2 Å². The van der Waals surface area contributed by atoms with Gasteiger partial charge in [-0.3, -0.25) is 0 Å². The standard InChI is InChI=1S/C12H16ClNO2/c1-12(4-3-5-14-12)8-6-11(16-2)9(13)7-10(8)15/h6-7,14-15H,3-5H2,1-2H3. The summed E-state index contributed by atoms with van der Waals surface area (Å²) in [7, 11) is 1.58. The summed E-state index contributed by atoms with van der Waals surface area (Å²) < 4.78 is 5.17. The van der Waals surface area contributed by atoms with Crippen LogP contribution in [-0.2, 0) is 5.54 Å². The lowest BCUT2D eigenvalue weighted by atomic mass is 9.89. The van der Waals surface area contributed by atoms with Crippen LogP contribution < -0.4 is 10.1 Å². The molecular formula is C12H16ClNO2. The SMILES string of the molecule is COc1cc(C2(C)CCCN2)c(O)cc1Cl. The molecular weight excluding hydrogens is 226 g/mol. The zero-order chi connectivity index (χ0) is 11.8. The van der Waals surface area contributed by atoms with Crippen molar-refractivity contribution in [2.24, 2.45) is 0 Å². The van der Waals surface area contributed by atoms with Crippen molar-refractivity contribution >= 4 is 11.6 Å². The van der Waals surface area contributed by atoms with Gasteiger partial charge in [0.1, 0.15) is 11.5 Å². The summed E-state index contributed by atoms with van der Waals surface area (Å²) in [6.07, 6.45) is 2.12. The van der Waals surface area contributed by atoms with Crippen LogP contribution in [0.15, 0.2) is 12.1 Å². The van der Waals surface area contributed by atoms with Gasteiger partial charge in [0.2, 0.25) is 0 Å². The van der Waals surface area contributed by atoms with Crippen LogP contribution in [0.3, 0.4) is 0 Å². The van der Waals surface area contributed by atoms with Gasteiger partial charge in [-0.1, -0.05) is 11.6 Å². The van der Waals surface area contributed by atoms with Gasteiger partial charge < -0.3 is 15.2 Å². The Hall–Kier alpha value is -0.930. The number of hydrogen-bond acceptors (Lipinski definition) is 3. The topological polar surface area (TPSA) is 41.5 Å². The van der Waals surface area contributed by atoms with Crippen molar-refractivity contribution < 1.29 is 9.84 Å². The summed E-state index contributed by atoms with van der Waals surface area (Å²) in [6, 6.07) is 3.36. The molecule has 1 aromatic carbocycles. The zero-order valence-corrected chi connectivity index (χ0v) is 10.3. The van der Waals surface area contributed by atoms with E-state index in [0.29, 0.717) is 10.8 Å². The number of methoxy groups -OCH3 is 1. The molecule has 1 saturated heterocycles. The second-order valence-electron chi connectivity index (χ2n) is 4.37. The number of halogens is 1. The fourth-order valence-electron chi connectivity index (χ4n) is 2.27. The van der Waals surface area contributed by atoms with E-state index in [1.807, 2.05) is 6.07 Å². The van der Waals surface area contributed by atoms with Crippen LogP contribution in [-0.4, -0.2) is 18.8 Å². The summed E-state index contributed by atoms with van der Waals surface area (Å²) in [5.41, 5.74) is 0.674. The molecule has 1 aliphatic heterocycles. The van der Waals surface area contributed by atoms with Crippen molar-refractivity contribution in [2.45, 2.75) is 25.3 Å². The van der Waals surface area contributed by atoms with Gasteiger partial charge in [-0.25, -0.2) is 0 Å². The summed E-state index contributed by atoms with van der Waals surface area (Å²) in [5.74, 6) is 0.826. The molecule has 16 heavy (non-hydrogen) atoms. The smallest absolute Gasteiger partial charge is 0.138 e. The zero-order valence-electron chi connectivity index (χ0n) is 9.51. The minimum atomic E-state index is -0.179. The van der Waals surface area contributed by atoms with Crippen LogP contribution in [0.25, 0.3) is 0 Å². The molecule has 2 rings (SSSR count). The number of hydrogen-bond donors (Lipinski definition) is 2. The average Bonchev–Trinajstić information content (AvgIpc) is 2.66. The molecule has 1 heterocycles. The van der Waals surface area contributed by atoms with Crippen molar-refractivity contribution in [3.05, 3.63) is 22.7 Å². The first-order chi connectivity index (χ1) is 7.57. The van der Waals surface area contributed by atoms with Gasteiger partial charge in [0.15, 0.2) is 0 Å². The van der Waals surface area contributed by atoms with Crippen LogP contribution in [0.5, 0.6) is 11.5 Å². The molecule has 0 radical (unpaired) electrons. The Morgan fingerprint density at radius 2 is 2.25 bits per heavy atom. The Morgan fingerprint density at radius 1 is 1.50 bits per heavy atom. The van der Waals surface area contributed by atoms with Gasteiger partial charge >= 0.3 is 0 Å². The average molecular weight is 242 g/mol. The summed E-state index contributed by atoms with van der Waals surface area (Å²) in [4.78, 5) is 0. The Labute approximate surface area is 100 Å². The molecule has 3 nitrogen and oxygen atoms in total. The molecule has 0 aliphatic carbocycles. The largest absolute Gasteiger partial charge is 0.508 e. The highest BCUT2D eigenvalue weighted by Gasteiger charge is 2.33. The Morgan fingerprint density at radius 3 is 2.81 bits per heavy atom. The van der Waals surface area contributed by atoms with Gasteiger partial charge in [0, 0.05) is 17.2 Å². The quantitative estimate of drug-likeness (QED) is 0.837.